The Bertz CT molecular complexity index is 109. The third kappa shape index (κ3) is 2.15. The molecule has 0 aliphatic carbocycles. The molecule has 3 heteroatoms. The monoisotopic (exact) mass is 158 g/mol. The molecular formula is C8H18N2O. The van der Waals surface area contributed by atoms with E-state index < -0.39 is 0 Å². The second-order valence-corrected chi connectivity index (χ2v) is 3.32. The summed E-state index contributed by atoms with van der Waals surface area (Å²) in [4.78, 5) is 2.34. The van der Waals surface area contributed by atoms with Crippen molar-refractivity contribution < 1.29 is 5.11 Å². The van der Waals surface area contributed by atoms with Gasteiger partial charge < -0.3 is 10.4 Å². The number of nitrogens with zero attached hydrogens (tertiary/aromatic N) is 1. The maximum atomic E-state index is 8.79. The van der Waals surface area contributed by atoms with Gasteiger partial charge in [-0.3, -0.25) is 4.90 Å². The van der Waals surface area contributed by atoms with Crippen LogP contribution in [0.5, 0.6) is 0 Å². The van der Waals surface area contributed by atoms with E-state index in [-0.39, 0.29) is 6.61 Å². The molecule has 1 saturated heterocycles. The molecule has 11 heavy (non-hydrogen) atoms. The lowest BCUT2D eigenvalue weighted by molar-refractivity contribution is 0.0914. The fourth-order valence-corrected chi connectivity index (χ4v) is 1.73. The Kier molecular flexibility index (Phi) is 3.30. The van der Waals surface area contributed by atoms with Crippen molar-refractivity contribution >= 4 is 0 Å². The Hall–Kier alpha value is -0.120. The summed E-state index contributed by atoms with van der Waals surface area (Å²) >= 11 is 0. The number of aliphatic hydroxyl groups is 1. The van der Waals surface area contributed by atoms with Gasteiger partial charge in [0, 0.05) is 31.7 Å². The van der Waals surface area contributed by atoms with Gasteiger partial charge in [-0.15, -0.1) is 0 Å². The maximum Gasteiger partial charge on any atom is 0.0558 e. The first-order valence-corrected chi connectivity index (χ1v) is 4.33. The molecular weight excluding hydrogens is 140 g/mol. The van der Waals surface area contributed by atoms with Crippen molar-refractivity contribution in [2.45, 2.75) is 25.9 Å². The van der Waals surface area contributed by atoms with Crippen LogP contribution in [0.3, 0.4) is 0 Å². The summed E-state index contributed by atoms with van der Waals surface area (Å²) in [5, 5.41) is 12.1. The summed E-state index contributed by atoms with van der Waals surface area (Å²) in [5.74, 6) is 0. The molecule has 66 valence electrons. The van der Waals surface area contributed by atoms with Crippen LogP contribution in [0.15, 0.2) is 0 Å². The van der Waals surface area contributed by atoms with Crippen LogP contribution in [0.25, 0.3) is 0 Å². The minimum absolute atomic E-state index is 0.272. The largest absolute Gasteiger partial charge is 0.395 e. The maximum absolute atomic E-state index is 8.79. The van der Waals surface area contributed by atoms with Gasteiger partial charge in [0.15, 0.2) is 0 Å². The van der Waals surface area contributed by atoms with Crippen LogP contribution in [0, 0.1) is 0 Å². The normalized spacial score (nSPS) is 34.1. The average Bonchev–Trinajstić information content (AvgIpc) is 1.97. The first kappa shape index (κ1) is 8.97. The highest BCUT2D eigenvalue weighted by Gasteiger charge is 2.22. The summed E-state index contributed by atoms with van der Waals surface area (Å²) < 4.78 is 0. The fraction of sp³-hybridized carbons (Fsp3) is 1.00. The molecule has 1 fully saturated rings. The molecule has 0 aromatic carbocycles. The molecule has 0 aromatic rings. The Morgan fingerprint density at radius 1 is 1.36 bits per heavy atom. The van der Waals surface area contributed by atoms with Crippen molar-refractivity contribution in [2.24, 2.45) is 0 Å². The molecule has 1 aliphatic heterocycles. The van der Waals surface area contributed by atoms with Gasteiger partial charge in [-0.2, -0.15) is 0 Å². The highest BCUT2D eigenvalue weighted by atomic mass is 16.3. The minimum atomic E-state index is 0.272. The lowest BCUT2D eigenvalue weighted by Gasteiger charge is -2.38. The number of rotatable bonds is 2. The van der Waals surface area contributed by atoms with Crippen LogP contribution in [-0.2, 0) is 0 Å². The van der Waals surface area contributed by atoms with Crippen LogP contribution in [-0.4, -0.2) is 48.3 Å². The molecule has 0 radical (unpaired) electrons. The standard InChI is InChI=1S/C8H18N2O/c1-7-5-9-6-8(2)10(7)3-4-11/h7-9,11H,3-6H2,1-2H3/t7-,8+. The Morgan fingerprint density at radius 3 is 2.36 bits per heavy atom. The molecule has 0 unspecified atom stereocenters. The quantitative estimate of drug-likeness (QED) is 0.577. The van der Waals surface area contributed by atoms with Gasteiger partial charge in [0.2, 0.25) is 0 Å². The molecule has 2 atom stereocenters. The van der Waals surface area contributed by atoms with Gasteiger partial charge in [0.1, 0.15) is 0 Å². The second kappa shape index (κ2) is 4.04. The molecule has 2 N–H and O–H groups in total. The van der Waals surface area contributed by atoms with E-state index in [9.17, 15) is 0 Å². The molecule has 0 bridgehead atoms. The van der Waals surface area contributed by atoms with Crippen LogP contribution in [0.1, 0.15) is 13.8 Å². The van der Waals surface area contributed by atoms with Gasteiger partial charge in [0.25, 0.3) is 0 Å². The van der Waals surface area contributed by atoms with Gasteiger partial charge in [-0.25, -0.2) is 0 Å². The van der Waals surface area contributed by atoms with Crippen LogP contribution in [0.4, 0.5) is 0 Å². The Morgan fingerprint density at radius 2 is 1.91 bits per heavy atom. The lowest BCUT2D eigenvalue weighted by Crippen LogP contribution is -2.55. The van der Waals surface area contributed by atoms with Crippen LogP contribution < -0.4 is 5.32 Å². The molecule has 0 aromatic heterocycles. The zero-order chi connectivity index (χ0) is 8.27. The van der Waals surface area contributed by atoms with Crippen LogP contribution >= 0.6 is 0 Å². The van der Waals surface area contributed by atoms with Crippen molar-refractivity contribution in [3.8, 4) is 0 Å². The SMILES string of the molecule is C[C@@H]1CNC[C@H](C)N1CCO. The number of aliphatic hydroxyl groups excluding tert-OH is 1. The smallest absolute Gasteiger partial charge is 0.0558 e. The minimum Gasteiger partial charge on any atom is -0.395 e. The van der Waals surface area contributed by atoms with E-state index in [0.717, 1.165) is 19.6 Å². The van der Waals surface area contributed by atoms with Gasteiger partial charge in [0.05, 0.1) is 6.61 Å². The van der Waals surface area contributed by atoms with Gasteiger partial charge in [-0.1, -0.05) is 0 Å². The highest BCUT2D eigenvalue weighted by Crippen LogP contribution is 2.07. The van der Waals surface area contributed by atoms with Gasteiger partial charge in [-0.05, 0) is 13.8 Å². The van der Waals surface area contributed by atoms with E-state index in [2.05, 4.69) is 24.1 Å². The first-order chi connectivity index (χ1) is 5.25. The molecule has 0 amide bonds. The summed E-state index contributed by atoms with van der Waals surface area (Å²) in [6.07, 6.45) is 0. The van der Waals surface area contributed by atoms with Crippen molar-refractivity contribution in [1.29, 1.82) is 0 Å². The summed E-state index contributed by atoms with van der Waals surface area (Å²) in [6, 6.07) is 1.12. The van der Waals surface area contributed by atoms with E-state index in [1.165, 1.54) is 0 Å². The zero-order valence-corrected chi connectivity index (χ0v) is 7.38. The van der Waals surface area contributed by atoms with Crippen molar-refractivity contribution in [1.82, 2.24) is 10.2 Å². The molecule has 3 nitrogen and oxygen atoms in total. The predicted molar refractivity (Wildman–Crippen MR) is 45.6 cm³/mol. The number of hydrogen-bond donors (Lipinski definition) is 2. The third-order valence-corrected chi connectivity index (χ3v) is 2.37. The summed E-state index contributed by atoms with van der Waals surface area (Å²) in [7, 11) is 0. The zero-order valence-electron chi connectivity index (χ0n) is 7.38. The van der Waals surface area contributed by atoms with Crippen LogP contribution in [0.2, 0.25) is 0 Å². The molecule has 0 saturated carbocycles. The topological polar surface area (TPSA) is 35.5 Å². The second-order valence-electron chi connectivity index (χ2n) is 3.32. The van der Waals surface area contributed by atoms with E-state index in [1.807, 2.05) is 0 Å². The molecule has 1 rings (SSSR count). The van der Waals surface area contributed by atoms with Crippen molar-refractivity contribution in [2.75, 3.05) is 26.2 Å². The van der Waals surface area contributed by atoms with E-state index in [0.29, 0.717) is 12.1 Å². The Balaban J connectivity index is 2.41. The summed E-state index contributed by atoms with van der Waals surface area (Å²) in [6.45, 7) is 7.56. The fourth-order valence-electron chi connectivity index (χ4n) is 1.73. The molecule has 1 aliphatic rings. The third-order valence-electron chi connectivity index (χ3n) is 2.37. The van der Waals surface area contributed by atoms with Crippen molar-refractivity contribution in [3.63, 3.8) is 0 Å². The number of hydrogen-bond acceptors (Lipinski definition) is 3. The Labute approximate surface area is 68.4 Å². The van der Waals surface area contributed by atoms with E-state index in [4.69, 9.17) is 5.11 Å². The highest BCUT2D eigenvalue weighted by molar-refractivity contribution is 4.81. The van der Waals surface area contributed by atoms with E-state index in [1.54, 1.807) is 0 Å². The lowest BCUT2D eigenvalue weighted by atomic mass is 10.1. The number of β-amino-alcohol motifs (C(OH)–C–C–N with tert-alkyl or cyclic N) is 1. The first-order valence-electron chi connectivity index (χ1n) is 4.33. The molecule has 1 heterocycles. The number of nitrogens with one attached hydrogen (secondary N) is 1. The van der Waals surface area contributed by atoms with E-state index >= 15 is 0 Å². The average molecular weight is 158 g/mol. The van der Waals surface area contributed by atoms with Crippen molar-refractivity contribution in [3.05, 3.63) is 0 Å². The molecule has 0 spiro atoms. The summed E-state index contributed by atoms with van der Waals surface area (Å²) in [5.41, 5.74) is 0. The van der Waals surface area contributed by atoms with Gasteiger partial charge >= 0.3 is 0 Å². The number of piperazine rings is 1. The predicted octanol–water partition coefficient (Wildman–Crippen LogP) is -0.339.